The highest BCUT2D eigenvalue weighted by Crippen LogP contribution is 2.37. The van der Waals surface area contributed by atoms with Gasteiger partial charge in [0.05, 0.1) is 17.7 Å². The molecule has 88 valence electrons. The van der Waals surface area contributed by atoms with Gasteiger partial charge in [-0.15, -0.1) is 11.3 Å². The third-order valence-corrected chi connectivity index (χ3v) is 3.52. The van der Waals surface area contributed by atoms with E-state index in [1.165, 1.54) is 25.4 Å². The van der Waals surface area contributed by atoms with E-state index in [0.717, 1.165) is 0 Å². The SMILES string of the molecule is COC(=O)c1c(N(C)C)sc(C(C)=O)c1N. The van der Waals surface area contributed by atoms with Crippen LogP contribution in [0, 0.1) is 0 Å². The van der Waals surface area contributed by atoms with Crippen molar-refractivity contribution < 1.29 is 14.3 Å². The first-order valence-corrected chi connectivity index (χ1v) is 5.40. The molecule has 0 amide bonds. The fraction of sp³-hybridized carbons (Fsp3) is 0.400. The van der Waals surface area contributed by atoms with Gasteiger partial charge in [0.25, 0.3) is 0 Å². The fourth-order valence-electron chi connectivity index (χ4n) is 1.31. The normalized spacial score (nSPS) is 10.0. The zero-order chi connectivity index (χ0) is 12.5. The van der Waals surface area contributed by atoms with E-state index in [1.807, 2.05) is 0 Å². The van der Waals surface area contributed by atoms with Crippen molar-refractivity contribution in [1.82, 2.24) is 0 Å². The number of carbonyl (C=O) groups excluding carboxylic acids is 2. The van der Waals surface area contributed by atoms with E-state index in [0.29, 0.717) is 9.88 Å². The maximum atomic E-state index is 11.6. The summed E-state index contributed by atoms with van der Waals surface area (Å²) in [6.45, 7) is 1.42. The molecule has 1 aromatic heterocycles. The molecule has 0 atom stereocenters. The number of Topliss-reactive ketones (excluding diaryl/α,β-unsaturated/α-hetero) is 1. The minimum atomic E-state index is -0.523. The van der Waals surface area contributed by atoms with E-state index in [1.54, 1.807) is 19.0 Å². The third-order valence-electron chi connectivity index (χ3n) is 2.04. The first kappa shape index (κ1) is 12.5. The molecule has 5 nitrogen and oxygen atoms in total. The van der Waals surface area contributed by atoms with Crippen LogP contribution >= 0.6 is 11.3 Å². The van der Waals surface area contributed by atoms with E-state index in [2.05, 4.69) is 4.74 Å². The molecule has 1 rings (SSSR count). The van der Waals surface area contributed by atoms with E-state index >= 15 is 0 Å². The van der Waals surface area contributed by atoms with Crippen LogP contribution in [0.4, 0.5) is 10.7 Å². The summed E-state index contributed by atoms with van der Waals surface area (Å²) in [6.07, 6.45) is 0. The number of rotatable bonds is 3. The average molecular weight is 242 g/mol. The van der Waals surface area contributed by atoms with Crippen molar-refractivity contribution in [3.05, 3.63) is 10.4 Å². The van der Waals surface area contributed by atoms with Crippen molar-refractivity contribution in [1.29, 1.82) is 0 Å². The minimum Gasteiger partial charge on any atom is -0.465 e. The van der Waals surface area contributed by atoms with E-state index < -0.39 is 5.97 Å². The molecule has 2 N–H and O–H groups in total. The smallest absolute Gasteiger partial charge is 0.343 e. The van der Waals surface area contributed by atoms with Crippen molar-refractivity contribution in [3.63, 3.8) is 0 Å². The molecule has 6 heteroatoms. The molecular weight excluding hydrogens is 228 g/mol. The molecule has 0 bridgehead atoms. The summed E-state index contributed by atoms with van der Waals surface area (Å²) in [5.41, 5.74) is 6.25. The number of ether oxygens (including phenoxy) is 1. The maximum absolute atomic E-state index is 11.6. The molecule has 16 heavy (non-hydrogen) atoms. The Bertz CT molecular complexity index is 438. The van der Waals surface area contributed by atoms with Gasteiger partial charge in [-0.25, -0.2) is 4.79 Å². The Morgan fingerprint density at radius 3 is 2.31 bits per heavy atom. The highest BCUT2D eigenvalue weighted by Gasteiger charge is 2.25. The number of nitrogen functional groups attached to an aromatic ring is 1. The minimum absolute atomic E-state index is 0.152. The number of esters is 1. The van der Waals surface area contributed by atoms with Gasteiger partial charge in [0, 0.05) is 21.0 Å². The van der Waals surface area contributed by atoms with Crippen LogP contribution in [0.1, 0.15) is 27.0 Å². The molecule has 0 aliphatic carbocycles. The third kappa shape index (κ3) is 2.01. The van der Waals surface area contributed by atoms with E-state index in [-0.39, 0.29) is 17.0 Å². The van der Waals surface area contributed by atoms with Gasteiger partial charge >= 0.3 is 5.97 Å². The Hall–Kier alpha value is -1.56. The number of hydrogen-bond donors (Lipinski definition) is 1. The van der Waals surface area contributed by atoms with Gasteiger partial charge in [-0.3, -0.25) is 4.79 Å². The summed E-state index contributed by atoms with van der Waals surface area (Å²) < 4.78 is 4.65. The molecule has 1 aromatic rings. The molecule has 1 heterocycles. The van der Waals surface area contributed by atoms with E-state index in [4.69, 9.17) is 5.73 Å². The Balaban J connectivity index is 3.43. The predicted octanol–water partition coefficient (Wildman–Crippen LogP) is 1.39. The number of carbonyl (C=O) groups is 2. The summed E-state index contributed by atoms with van der Waals surface area (Å²) in [5, 5.41) is 0.634. The molecule has 0 radical (unpaired) electrons. The topological polar surface area (TPSA) is 72.6 Å². The van der Waals surface area contributed by atoms with Crippen LogP contribution in [0.25, 0.3) is 0 Å². The number of hydrogen-bond acceptors (Lipinski definition) is 6. The standard InChI is InChI=1S/C10H14N2O3S/c1-5(13)8-7(11)6(10(14)15-4)9(16-8)12(2)3/h11H2,1-4H3. The summed E-state index contributed by atoms with van der Waals surface area (Å²) in [7, 11) is 4.84. The van der Waals surface area contributed by atoms with Crippen molar-refractivity contribution >= 4 is 33.8 Å². The summed E-state index contributed by atoms with van der Waals surface area (Å²) >= 11 is 1.20. The number of nitrogens with two attached hydrogens (primary N) is 1. The lowest BCUT2D eigenvalue weighted by Gasteiger charge is -2.11. The van der Waals surface area contributed by atoms with Gasteiger partial charge in [-0.05, 0) is 0 Å². The first-order chi connectivity index (χ1) is 7.40. The second kappa shape index (κ2) is 4.52. The maximum Gasteiger partial charge on any atom is 0.343 e. The summed E-state index contributed by atoms with van der Waals surface area (Å²) in [4.78, 5) is 25.0. The molecule has 0 spiro atoms. The molecule has 0 aliphatic rings. The lowest BCUT2D eigenvalue weighted by Crippen LogP contribution is -2.13. The highest BCUT2D eigenvalue weighted by atomic mass is 32.1. The van der Waals surface area contributed by atoms with Gasteiger partial charge in [-0.2, -0.15) is 0 Å². The van der Waals surface area contributed by atoms with Crippen LogP contribution in [0.2, 0.25) is 0 Å². The summed E-state index contributed by atoms with van der Waals surface area (Å²) in [6, 6.07) is 0. The van der Waals surface area contributed by atoms with Gasteiger partial charge in [0.2, 0.25) is 0 Å². The second-order valence-corrected chi connectivity index (χ2v) is 4.47. The zero-order valence-corrected chi connectivity index (χ0v) is 10.5. The van der Waals surface area contributed by atoms with Gasteiger partial charge in [0.15, 0.2) is 5.78 Å². The van der Waals surface area contributed by atoms with Gasteiger partial charge in [-0.1, -0.05) is 0 Å². The fourth-order valence-corrected chi connectivity index (χ4v) is 2.33. The number of anilines is 2. The second-order valence-electron chi connectivity index (χ2n) is 3.47. The zero-order valence-electron chi connectivity index (χ0n) is 9.66. The van der Waals surface area contributed by atoms with Gasteiger partial charge < -0.3 is 15.4 Å². The van der Waals surface area contributed by atoms with Crippen molar-refractivity contribution in [2.75, 3.05) is 31.8 Å². The lowest BCUT2D eigenvalue weighted by atomic mass is 10.2. The van der Waals surface area contributed by atoms with E-state index in [9.17, 15) is 9.59 Å². The van der Waals surface area contributed by atoms with Crippen LogP contribution in [-0.4, -0.2) is 33.0 Å². The van der Waals surface area contributed by atoms with Crippen LogP contribution in [0.3, 0.4) is 0 Å². The van der Waals surface area contributed by atoms with Crippen LogP contribution in [0.15, 0.2) is 0 Å². The molecule has 0 fully saturated rings. The molecular formula is C10H14N2O3S. The largest absolute Gasteiger partial charge is 0.465 e. The molecule has 0 aliphatic heterocycles. The molecule has 0 aromatic carbocycles. The number of nitrogens with zero attached hydrogens (tertiary/aromatic N) is 1. The highest BCUT2D eigenvalue weighted by molar-refractivity contribution is 7.19. The summed E-state index contributed by atoms with van der Waals surface area (Å²) in [5.74, 6) is -0.675. The number of thiophene rings is 1. The van der Waals surface area contributed by atoms with Gasteiger partial charge in [0.1, 0.15) is 10.6 Å². The van der Waals surface area contributed by atoms with Crippen LogP contribution in [-0.2, 0) is 4.74 Å². The van der Waals surface area contributed by atoms with Crippen LogP contribution < -0.4 is 10.6 Å². The van der Waals surface area contributed by atoms with Crippen molar-refractivity contribution in [2.24, 2.45) is 0 Å². The average Bonchev–Trinajstić information content (AvgIpc) is 2.55. The molecule has 0 unspecified atom stereocenters. The first-order valence-electron chi connectivity index (χ1n) is 4.59. The Kier molecular flexibility index (Phi) is 3.54. The quantitative estimate of drug-likeness (QED) is 0.640. The molecule has 0 saturated heterocycles. The lowest BCUT2D eigenvalue weighted by molar-refractivity contribution is 0.0603. The predicted molar refractivity (Wildman–Crippen MR) is 64.4 cm³/mol. The number of ketones is 1. The van der Waals surface area contributed by atoms with Crippen LogP contribution in [0.5, 0.6) is 0 Å². The van der Waals surface area contributed by atoms with Crippen molar-refractivity contribution in [2.45, 2.75) is 6.92 Å². The van der Waals surface area contributed by atoms with Crippen molar-refractivity contribution in [3.8, 4) is 0 Å². The Labute approximate surface area is 97.8 Å². The number of methoxy groups -OCH3 is 1. The molecule has 0 saturated carbocycles. The Morgan fingerprint density at radius 2 is 1.94 bits per heavy atom. The Morgan fingerprint density at radius 1 is 1.38 bits per heavy atom. The monoisotopic (exact) mass is 242 g/mol.